The number of hydrogen-bond acceptors (Lipinski definition) is 6. The van der Waals surface area contributed by atoms with Crippen molar-refractivity contribution in [2.45, 2.75) is 25.9 Å². The fraction of sp³-hybridized carbons (Fsp3) is 0.364. The van der Waals surface area contributed by atoms with Gasteiger partial charge in [-0.15, -0.1) is 0 Å². The zero-order valence-corrected chi connectivity index (χ0v) is 9.51. The molecule has 4 N–H and O–H groups in total. The van der Waals surface area contributed by atoms with Gasteiger partial charge in [-0.25, -0.2) is 4.79 Å². The summed E-state index contributed by atoms with van der Waals surface area (Å²) in [5.74, 6) is -4.86. The van der Waals surface area contributed by atoms with Crippen molar-refractivity contribution in [3.05, 3.63) is 22.7 Å². The van der Waals surface area contributed by atoms with E-state index in [1.165, 1.54) is 6.92 Å². The summed E-state index contributed by atoms with van der Waals surface area (Å²) in [6, 6.07) is 0. The Morgan fingerprint density at radius 2 is 1.72 bits per heavy atom. The first-order valence-electron chi connectivity index (χ1n) is 5.09. The van der Waals surface area contributed by atoms with E-state index in [2.05, 4.69) is 0 Å². The molecule has 18 heavy (non-hydrogen) atoms. The number of aliphatic hydroxyl groups is 3. The van der Waals surface area contributed by atoms with E-state index < -0.39 is 35.2 Å². The topological polar surface area (TPSA) is 132 Å². The van der Waals surface area contributed by atoms with E-state index in [1.807, 2.05) is 0 Å². The molecule has 1 rings (SSSR count). The van der Waals surface area contributed by atoms with Crippen molar-refractivity contribution in [3.8, 4) is 0 Å². The van der Waals surface area contributed by atoms with Crippen molar-refractivity contribution < 1.29 is 34.8 Å². The summed E-state index contributed by atoms with van der Waals surface area (Å²) in [4.78, 5) is 33.4. The molecule has 0 bridgehead atoms. The van der Waals surface area contributed by atoms with Crippen LogP contribution in [0.15, 0.2) is 22.7 Å². The highest BCUT2D eigenvalue weighted by atomic mass is 16.4. The minimum absolute atomic E-state index is 0.264. The van der Waals surface area contributed by atoms with Crippen LogP contribution in [0, 0.1) is 0 Å². The highest BCUT2D eigenvalue weighted by Gasteiger charge is 2.32. The maximum Gasteiger partial charge on any atom is 0.332 e. The van der Waals surface area contributed by atoms with Crippen molar-refractivity contribution in [2.75, 3.05) is 0 Å². The van der Waals surface area contributed by atoms with E-state index in [9.17, 15) is 24.6 Å². The molecule has 7 heteroatoms. The highest BCUT2D eigenvalue weighted by molar-refractivity contribution is 6.22. The first-order chi connectivity index (χ1) is 8.27. The Morgan fingerprint density at radius 1 is 1.17 bits per heavy atom. The summed E-state index contributed by atoms with van der Waals surface area (Å²) in [7, 11) is 0. The number of ketones is 2. The number of carbonyl (C=O) groups is 3. The van der Waals surface area contributed by atoms with E-state index in [4.69, 9.17) is 10.2 Å². The van der Waals surface area contributed by atoms with E-state index in [0.29, 0.717) is 0 Å². The van der Waals surface area contributed by atoms with Crippen LogP contribution in [0.3, 0.4) is 0 Å². The van der Waals surface area contributed by atoms with Gasteiger partial charge in [-0.2, -0.15) is 0 Å². The first-order valence-corrected chi connectivity index (χ1v) is 5.09. The molecule has 1 atom stereocenters. The number of carboxylic acids is 1. The lowest BCUT2D eigenvalue weighted by molar-refractivity contribution is -0.146. The van der Waals surface area contributed by atoms with Crippen LogP contribution in [0.5, 0.6) is 0 Å². The Hall–Kier alpha value is -2.15. The lowest BCUT2D eigenvalue weighted by Crippen LogP contribution is -2.25. The molecule has 0 spiro atoms. The van der Waals surface area contributed by atoms with Gasteiger partial charge in [0.25, 0.3) is 0 Å². The van der Waals surface area contributed by atoms with Crippen molar-refractivity contribution in [2.24, 2.45) is 0 Å². The molecule has 0 aromatic rings. The Bertz CT molecular complexity index is 484. The molecule has 0 saturated heterocycles. The first kappa shape index (κ1) is 13.9. The summed E-state index contributed by atoms with van der Waals surface area (Å²) in [5.41, 5.74) is -0.650. The third kappa shape index (κ3) is 2.40. The third-order valence-electron chi connectivity index (χ3n) is 2.64. The lowest BCUT2D eigenvalue weighted by Gasteiger charge is -2.16. The molecule has 1 aliphatic carbocycles. The zero-order valence-electron chi connectivity index (χ0n) is 9.51. The molecule has 0 aromatic heterocycles. The second kappa shape index (κ2) is 5.01. The fourth-order valence-corrected chi connectivity index (χ4v) is 1.48. The van der Waals surface area contributed by atoms with Gasteiger partial charge in [0.15, 0.2) is 17.6 Å². The van der Waals surface area contributed by atoms with Crippen LogP contribution in [-0.4, -0.2) is 44.1 Å². The van der Waals surface area contributed by atoms with Crippen LogP contribution in [-0.2, 0) is 14.4 Å². The van der Waals surface area contributed by atoms with E-state index in [1.54, 1.807) is 0 Å². The molecule has 0 saturated carbocycles. The van der Waals surface area contributed by atoms with Crippen LogP contribution in [0.25, 0.3) is 0 Å². The summed E-state index contributed by atoms with van der Waals surface area (Å²) >= 11 is 0. The molecule has 0 aromatic carbocycles. The monoisotopic (exact) mass is 256 g/mol. The predicted octanol–water partition coefficient (Wildman–Crippen LogP) is 0.00800. The van der Waals surface area contributed by atoms with Gasteiger partial charge < -0.3 is 20.4 Å². The average molecular weight is 256 g/mol. The fourth-order valence-electron chi connectivity index (χ4n) is 1.48. The molecule has 0 radical (unpaired) electrons. The molecule has 0 amide bonds. The number of aliphatic hydroxyl groups excluding tert-OH is 3. The number of aliphatic carboxylic acids is 1. The van der Waals surface area contributed by atoms with Gasteiger partial charge in [-0.1, -0.05) is 0 Å². The van der Waals surface area contributed by atoms with Gasteiger partial charge in [0.2, 0.25) is 11.6 Å². The standard InChI is InChI=1S/C11H12O7/c1-4-7(13)9(15)5(10(16)8(4)14)2-3-6(12)11(17)18/h6,12-13,16H,2-3H2,1H3,(H,17,18)/t6-/m1/s1. The Balaban J connectivity index is 2.92. The van der Waals surface area contributed by atoms with E-state index in [0.717, 1.165) is 0 Å². The molecule has 0 aliphatic heterocycles. The van der Waals surface area contributed by atoms with E-state index in [-0.39, 0.29) is 24.0 Å². The van der Waals surface area contributed by atoms with Crippen LogP contribution < -0.4 is 0 Å². The quantitative estimate of drug-likeness (QED) is 0.520. The smallest absolute Gasteiger partial charge is 0.332 e. The Kier molecular flexibility index (Phi) is 3.87. The van der Waals surface area contributed by atoms with Crippen molar-refractivity contribution in [1.82, 2.24) is 0 Å². The maximum atomic E-state index is 11.6. The number of Topliss-reactive ketones (excluding diaryl/α,β-unsaturated/α-hetero) is 2. The second-order valence-corrected chi connectivity index (χ2v) is 3.85. The van der Waals surface area contributed by atoms with Crippen LogP contribution >= 0.6 is 0 Å². The third-order valence-corrected chi connectivity index (χ3v) is 2.64. The van der Waals surface area contributed by atoms with Gasteiger partial charge in [-0.05, 0) is 19.8 Å². The van der Waals surface area contributed by atoms with Crippen molar-refractivity contribution in [1.29, 1.82) is 0 Å². The minimum Gasteiger partial charge on any atom is -0.504 e. The normalized spacial score (nSPS) is 18.3. The van der Waals surface area contributed by atoms with Crippen LogP contribution in [0.1, 0.15) is 19.8 Å². The van der Waals surface area contributed by atoms with Crippen molar-refractivity contribution >= 4 is 17.5 Å². The maximum absolute atomic E-state index is 11.6. The van der Waals surface area contributed by atoms with Gasteiger partial charge in [0.1, 0.15) is 0 Å². The number of allylic oxidation sites excluding steroid dienone is 2. The largest absolute Gasteiger partial charge is 0.504 e. The van der Waals surface area contributed by atoms with Gasteiger partial charge in [0, 0.05) is 11.1 Å². The molecule has 0 fully saturated rings. The van der Waals surface area contributed by atoms with Gasteiger partial charge in [0.05, 0.1) is 0 Å². The Labute approximate surface area is 102 Å². The highest BCUT2D eigenvalue weighted by Crippen LogP contribution is 2.25. The summed E-state index contributed by atoms with van der Waals surface area (Å²) in [5, 5.41) is 36.3. The second-order valence-electron chi connectivity index (χ2n) is 3.85. The number of hydrogen-bond donors (Lipinski definition) is 4. The van der Waals surface area contributed by atoms with Gasteiger partial charge in [-0.3, -0.25) is 9.59 Å². The zero-order chi connectivity index (χ0) is 14.0. The van der Waals surface area contributed by atoms with Crippen molar-refractivity contribution in [3.63, 3.8) is 0 Å². The molecule has 7 nitrogen and oxygen atoms in total. The molecule has 0 unspecified atom stereocenters. The average Bonchev–Trinajstić information content (AvgIpc) is 2.33. The Morgan fingerprint density at radius 3 is 2.22 bits per heavy atom. The summed E-state index contributed by atoms with van der Waals surface area (Å²) in [6.07, 6.45) is -2.37. The van der Waals surface area contributed by atoms with Crippen LogP contribution in [0.2, 0.25) is 0 Å². The van der Waals surface area contributed by atoms with Crippen LogP contribution in [0.4, 0.5) is 0 Å². The van der Waals surface area contributed by atoms with Gasteiger partial charge >= 0.3 is 5.97 Å². The molecular weight excluding hydrogens is 244 g/mol. The number of rotatable bonds is 4. The predicted molar refractivity (Wildman–Crippen MR) is 57.9 cm³/mol. The molecule has 98 valence electrons. The number of carboxylic acid groups (broad SMARTS) is 1. The lowest BCUT2D eigenvalue weighted by atomic mass is 9.91. The summed E-state index contributed by atoms with van der Waals surface area (Å²) < 4.78 is 0. The number of carbonyl (C=O) groups excluding carboxylic acids is 2. The molecule has 0 heterocycles. The SMILES string of the molecule is CC1=C(O)C(=O)C(CC[C@@H](O)C(=O)O)=C(O)C1=O. The minimum atomic E-state index is -1.71. The molecule has 1 aliphatic rings. The van der Waals surface area contributed by atoms with E-state index >= 15 is 0 Å². The molecular formula is C11H12O7. The summed E-state index contributed by atoms with van der Waals surface area (Å²) in [6.45, 7) is 1.19.